The summed E-state index contributed by atoms with van der Waals surface area (Å²) in [6.07, 6.45) is 1.21. The first-order valence-electron chi connectivity index (χ1n) is 9.81. The second-order valence-corrected chi connectivity index (χ2v) is 7.80. The highest BCUT2D eigenvalue weighted by molar-refractivity contribution is 6.30. The largest absolute Gasteiger partial charge is 0.496 e. The number of carbonyl (C=O) groups is 1. The molecule has 0 spiro atoms. The van der Waals surface area contributed by atoms with Crippen molar-refractivity contribution in [2.24, 2.45) is 0 Å². The van der Waals surface area contributed by atoms with E-state index in [1.54, 1.807) is 17.7 Å². The summed E-state index contributed by atoms with van der Waals surface area (Å²) in [6, 6.07) is 12.8. The van der Waals surface area contributed by atoms with Gasteiger partial charge in [0.2, 0.25) is 0 Å². The summed E-state index contributed by atoms with van der Waals surface area (Å²) in [6.45, 7) is 4.11. The highest BCUT2D eigenvalue weighted by atomic mass is 35.5. The number of fused-ring (bicyclic) bond motifs is 1. The van der Waals surface area contributed by atoms with Crippen LogP contribution in [-0.4, -0.2) is 23.1 Å². The Morgan fingerprint density at radius 2 is 1.90 bits per heavy atom. The first kappa shape index (κ1) is 20.9. The minimum absolute atomic E-state index is 0.110. The smallest absolute Gasteiger partial charge is 0.261 e. The average Bonchev–Trinajstić information content (AvgIpc) is 3.10. The van der Waals surface area contributed by atoms with Crippen molar-refractivity contribution in [1.29, 1.82) is 0 Å². The Bertz CT molecular complexity index is 1320. The minimum atomic E-state index is -0.330. The van der Waals surface area contributed by atoms with E-state index in [2.05, 4.69) is 5.16 Å². The number of hydrogen-bond donors (Lipinski definition) is 0. The fourth-order valence-electron chi connectivity index (χ4n) is 3.86. The molecule has 0 aliphatic rings. The molecule has 4 aromatic rings. The molecule has 0 saturated carbocycles. The van der Waals surface area contributed by atoms with Crippen LogP contribution in [-0.2, 0) is 13.0 Å². The molecule has 31 heavy (non-hydrogen) atoms. The molecule has 0 saturated heterocycles. The van der Waals surface area contributed by atoms with E-state index in [0.717, 1.165) is 27.8 Å². The van der Waals surface area contributed by atoms with Crippen LogP contribution in [0.15, 0.2) is 51.8 Å². The molecule has 158 valence electrons. The number of benzene rings is 2. The lowest BCUT2D eigenvalue weighted by atomic mass is 9.99. The van der Waals surface area contributed by atoms with Crippen LogP contribution in [0.4, 0.5) is 0 Å². The van der Waals surface area contributed by atoms with Crippen LogP contribution in [0.2, 0.25) is 5.02 Å². The molecule has 0 atom stereocenters. The highest BCUT2D eigenvalue weighted by Crippen LogP contribution is 2.37. The van der Waals surface area contributed by atoms with Gasteiger partial charge in [-0.1, -0.05) is 28.9 Å². The Balaban J connectivity index is 1.89. The lowest BCUT2D eigenvalue weighted by molar-refractivity contribution is 0.112. The van der Waals surface area contributed by atoms with E-state index in [1.807, 2.05) is 50.2 Å². The fraction of sp³-hybridized carbons (Fsp3) is 0.208. The van der Waals surface area contributed by atoms with Crippen LogP contribution in [0, 0.1) is 13.8 Å². The summed E-state index contributed by atoms with van der Waals surface area (Å²) >= 11 is 5.97. The highest BCUT2D eigenvalue weighted by Gasteiger charge is 2.19. The molecular formula is C24H21ClN2O4. The van der Waals surface area contributed by atoms with Crippen molar-refractivity contribution in [3.63, 3.8) is 0 Å². The molecule has 2 aromatic heterocycles. The first-order chi connectivity index (χ1) is 14.9. The number of carbonyl (C=O) groups excluding carboxylic acids is 1. The molecule has 4 rings (SSSR count). The van der Waals surface area contributed by atoms with Gasteiger partial charge in [-0.2, -0.15) is 0 Å². The van der Waals surface area contributed by atoms with Crippen molar-refractivity contribution >= 4 is 28.8 Å². The predicted molar refractivity (Wildman–Crippen MR) is 120 cm³/mol. The normalized spacial score (nSPS) is 11.1. The molecule has 0 aliphatic carbocycles. The van der Waals surface area contributed by atoms with E-state index in [1.165, 1.54) is 0 Å². The molecule has 0 fully saturated rings. The maximum atomic E-state index is 13.0. The van der Waals surface area contributed by atoms with Crippen molar-refractivity contribution in [3.05, 3.63) is 80.4 Å². The molecule has 2 heterocycles. The van der Waals surface area contributed by atoms with Gasteiger partial charge in [0.25, 0.3) is 5.56 Å². The number of aromatic nitrogens is 2. The summed E-state index contributed by atoms with van der Waals surface area (Å²) in [4.78, 5) is 24.6. The van der Waals surface area contributed by atoms with Crippen LogP contribution < -0.4 is 10.3 Å². The number of methoxy groups -OCH3 is 1. The zero-order valence-corrected chi connectivity index (χ0v) is 18.2. The maximum absolute atomic E-state index is 13.0. The van der Waals surface area contributed by atoms with E-state index in [4.69, 9.17) is 20.9 Å². The van der Waals surface area contributed by atoms with Gasteiger partial charge in [-0.15, -0.1) is 0 Å². The van der Waals surface area contributed by atoms with Gasteiger partial charge in [-0.25, -0.2) is 0 Å². The molecule has 2 aromatic carbocycles. The third-order valence-corrected chi connectivity index (χ3v) is 5.66. The molecule has 6 nitrogen and oxygen atoms in total. The van der Waals surface area contributed by atoms with Crippen molar-refractivity contribution in [2.75, 3.05) is 7.11 Å². The van der Waals surface area contributed by atoms with E-state index in [9.17, 15) is 9.59 Å². The zero-order valence-electron chi connectivity index (χ0n) is 17.4. The Kier molecular flexibility index (Phi) is 5.65. The van der Waals surface area contributed by atoms with E-state index < -0.39 is 0 Å². The van der Waals surface area contributed by atoms with Crippen LogP contribution in [0.5, 0.6) is 5.75 Å². The van der Waals surface area contributed by atoms with Crippen molar-refractivity contribution in [2.45, 2.75) is 26.8 Å². The number of nitrogens with zero attached hydrogens (tertiary/aromatic N) is 2. The van der Waals surface area contributed by atoms with Gasteiger partial charge in [-0.3, -0.25) is 9.59 Å². The molecular weight excluding hydrogens is 416 g/mol. The zero-order chi connectivity index (χ0) is 22.1. The number of hydrogen-bond acceptors (Lipinski definition) is 5. The quantitative estimate of drug-likeness (QED) is 0.398. The third kappa shape index (κ3) is 3.86. The standard InChI is InChI=1S/C24H21ClN2O4/c1-14-23(15(2)31-26-14)20-11-17-10-18(13-28)24(29)27(21(17)12-22(20)30-3)9-8-16-4-6-19(25)7-5-16/h4-7,10-13H,8-9H2,1-3H3. The first-order valence-corrected chi connectivity index (χ1v) is 10.2. The Labute approximate surface area is 184 Å². The van der Waals surface area contributed by atoms with Gasteiger partial charge < -0.3 is 13.8 Å². The van der Waals surface area contributed by atoms with Crippen LogP contribution in [0.25, 0.3) is 22.0 Å². The number of rotatable bonds is 6. The van der Waals surface area contributed by atoms with Gasteiger partial charge in [0.05, 0.1) is 29.4 Å². The topological polar surface area (TPSA) is 74.3 Å². The van der Waals surface area contributed by atoms with Crippen molar-refractivity contribution in [1.82, 2.24) is 9.72 Å². The van der Waals surface area contributed by atoms with Gasteiger partial charge in [0, 0.05) is 28.6 Å². The van der Waals surface area contributed by atoms with Crippen molar-refractivity contribution < 1.29 is 14.1 Å². The fourth-order valence-corrected chi connectivity index (χ4v) is 3.99. The number of ether oxygens (including phenoxy) is 1. The van der Waals surface area contributed by atoms with E-state index in [0.29, 0.717) is 41.3 Å². The third-order valence-electron chi connectivity index (χ3n) is 5.41. The van der Waals surface area contributed by atoms with E-state index >= 15 is 0 Å². The molecule has 0 radical (unpaired) electrons. The van der Waals surface area contributed by atoms with Crippen LogP contribution in [0.1, 0.15) is 27.4 Å². The number of halogens is 1. The van der Waals surface area contributed by atoms with Gasteiger partial charge >= 0.3 is 0 Å². The second kappa shape index (κ2) is 8.40. The Morgan fingerprint density at radius 1 is 1.16 bits per heavy atom. The summed E-state index contributed by atoms with van der Waals surface area (Å²) < 4.78 is 12.6. The molecule has 7 heteroatoms. The SMILES string of the molecule is COc1cc2c(cc1-c1c(C)noc1C)cc(C=O)c(=O)n2CCc1ccc(Cl)cc1. The van der Waals surface area contributed by atoms with Crippen LogP contribution in [0.3, 0.4) is 0 Å². The lowest BCUT2D eigenvalue weighted by Gasteiger charge is -2.15. The summed E-state index contributed by atoms with van der Waals surface area (Å²) in [5, 5.41) is 5.45. The molecule has 0 N–H and O–H groups in total. The van der Waals surface area contributed by atoms with Gasteiger partial charge in [0.1, 0.15) is 11.5 Å². The Morgan fingerprint density at radius 3 is 2.52 bits per heavy atom. The maximum Gasteiger partial charge on any atom is 0.261 e. The minimum Gasteiger partial charge on any atom is -0.496 e. The van der Waals surface area contributed by atoms with Gasteiger partial charge in [-0.05, 0) is 50.1 Å². The van der Waals surface area contributed by atoms with Crippen molar-refractivity contribution in [3.8, 4) is 16.9 Å². The van der Waals surface area contributed by atoms with Crippen LogP contribution >= 0.6 is 11.6 Å². The summed E-state index contributed by atoms with van der Waals surface area (Å²) in [5.41, 5.74) is 3.89. The number of aryl methyl sites for hydroxylation is 4. The second-order valence-electron chi connectivity index (χ2n) is 7.36. The van der Waals surface area contributed by atoms with E-state index in [-0.39, 0.29) is 11.1 Å². The predicted octanol–water partition coefficient (Wildman–Crippen LogP) is 4.99. The number of pyridine rings is 1. The Hall–Kier alpha value is -3.38. The van der Waals surface area contributed by atoms with Gasteiger partial charge in [0.15, 0.2) is 6.29 Å². The average molecular weight is 437 g/mol. The summed E-state index contributed by atoms with van der Waals surface area (Å²) in [5.74, 6) is 1.27. The lowest BCUT2D eigenvalue weighted by Crippen LogP contribution is -2.25. The molecule has 0 aliphatic heterocycles. The molecule has 0 amide bonds. The molecule has 0 bridgehead atoms. The number of aldehydes is 1. The summed E-state index contributed by atoms with van der Waals surface area (Å²) in [7, 11) is 1.58. The molecule has 0 unspecified atom stereocenters. The monoisotopic (exact) mass is 436 g/mol.